The van der Waals surface area contributed by atoms with Gasteiger partial charge in [0.1, 0.15) is 0 Å². The van der Waals surface area contributed by atoms with Crippen molar-refractivity contribution in [2.24, 2.45) is 11.8 Å². The van der Waals surface area contributed by atoms with Crippen LogP contribution in [0.25, 0.3) is 0 Å². The van der Waals surface area contributed by atoms with Gasteiger partial charge in [-0.25, -0.2) is 0 Å². The lowest BCUT2D eigenvalue weighted by molar-refractivity contribution is -0.137. The van der Waals surface area contributed by atoms with Crippen LogP contribution >= 0.6 is 0 Å². The van der Waals surface area contributed by atoms with Gasteiger partial charge in [-0.15, -0.1) is 0 Å². The van der Waals surface area contributed by atoms with Crippen molar-refractivity contribution in [1.82, 2.24) is 5.32 Å². The molecule has 0 bridgehead atoms. The number of nitrogen functional groups attached to an aromatic ring is 1. The number of hydrazine groups is 1. The van der Waals surface area contributed by atoms with Gasteiger partial charge in [0.25, 0.3) is 5.91 Å². The molecule has 116 valence electrons. The van der Waals surface area contributed by atoms with Gasteiger partial charge in [0.05, 0.1) is 11.3 Å². The number of nitrogens with two attached hydrogens (primary N) is 1. The first-order chi connectivity index (χ1) is 9.65. The van der Waals surface area contributed by atoms with E-state index in [0.29, 0.717) is 5.92 Å². The third-order valence-electron chi connectivity index (χ3n) is 3.78. The molecule has 1 fully saturated rings. The average molecular weight is 301 g/mol. The second-order valence-electron chi connectivity index (χ2n) is 5.85. The Morgan fingerprint density at radius 1 is 1.29 bits per heavy atom. The van der Waals surface area contributed by atoms with Gasteiger partial charge < -0.3 is 10.7 Å². The zero-order chi connectivity index (χ0) is 15.8. The Bertz CT molecular complexity index is 551. The minimum atomic E-state index is -4.58. The molecule has 0 atom stereocenters. The van der Waals surface area contributed by atoms with Crippen molar-refractivity contribution < 1.29 is 18.0 Å². The lowest BCUT2D eigenvalue weighted by Gasteiger charge is -2.26. The minimum Gasteiger partial charge on any atom is -0.347 e. The van der Waals surface area contributed by atoms with Crippen LogP contribution in [0.5, 0.6) is 0 Å². The Morgan fingerprint density at radius 3 is 2.38 bits per heavy atom. The van der Waals surface area contributed by atoms with Crippen molar-refractivity contribution in [3.63, 3.8) is 0 Å². The highest BCUT2D eigenvalue weighted by atomic mass is 19.4. The van der Waals surface area contributed by atoms with E-state index in [1.54, 1.807) is 0 Å². The summed E-state index contributed by atoms with van der Waals surface area (Å²) in [4.78, 5) is 12.1. The van der Waals surface area contributed by atoms with E-state index in [9.17, 15) is 18.0 Å². The van der Waals surface area contributed by atoms with Crippen molar-refractivity contribution >= 4 is 11.6 Å². The number of hydrogen-bond donors (Lipinski definition) is 3. The molecule has 0 heterocycles. The van der Waals surface area contributed by atoms with Gasteiger partial charge in [-0.05, 0) is 50.8 Å². The molecule has 21 heavy (non-hydrogen) atoms. The fraction of sp³-hybridized carbons (Fsp3) is 0.500. The third-order valence-corrected chi connectivity index (χ3v) is 3.78. The molecule has 1 aliphatic rings. The Morgan fingerprint density at radius 2 is 1.90 bits per heavy atom. The van der Waals surface area contributed by atoms with Crippen molar-refractivity contribution in [2.45, 2.75) is 38.4 Å². The predicted octanol–water partition coefficient (Wildman–Crippen LogP) is 2.91. The summed E-state index contributed by atoms with van der Waals surface area (Å²) in [6.07, 6.45) is -2.53. The molecular weight excluding hydrogens is 283 g/mol. The zero-order valence-electron chi connectivity index (χ0n) is 11.8. The van der Waals surface area contributed by atoms with Gasteiger partial charge >= 0.3 is 6.18 Å². The monoisotopic (exact) mass is 301 g/mol. The molecule has 0 spiro atoms. The van der Waals surface area contributed by atoms with Crippen molar-refractivity contribution in [2.75, 3.05) is 5.43 Å². The Labute approximate surface area is 120 Å². The number of carbonyl (C=O) groups is 1. The number of amides is 1. The van der Waals surface area contributed by atoms with Crippen LogP contribution in [0.1, 0.15) is 42.6 Å². The first-order valence-electron chi connectivity index (χ1n) is 6.65. The fourth-order valence-corrected chi connectivity index (χ4v) is 2.32. The summed E-state index contributed by atoms with van der Waals surface area (Å²) in [6, 6.07) is 3.29. The average Bonchev–Trinajstić information content (AvgIpc) is 3.21. The second-order valence-corrected chi connectivity index (χ2v) is 5.85. The van der Waals surface area contributed by atoms with Crippen LogP contribution in [0.3, 0.4) is 0 Å². The quantitative estimate of drug-likeness (QED) is 0.592. The fourth-order valence-electron chi connectivity index (χ4n) is 2.32. The molecule has 0 aliphatic heterocycles. The molecule has 7 heteroatoms. The van der Waals surface area contributed by atoms with E-state index in [1.807, 2.05) is 19.3 Å². The lowest BCUT2D eigenvalue weighted by atomic mass is 9.97. The molecule has 0 radical (unpaired) electrons. The van der Waals surface area contributed by atoms with E-state index in [2.05, 4.69) is 5.32 Å². The van der Waals surface area contributed by atoms with Crippen molar-refractivity contribution in [3.8, 4) is 0 Å². The van der Waals surface area contributed by atoms with E-state index in [4.69, 9.17) is 5.84 Å². The molecule has 4 N–H and O–H groups in total. The summed E-state index contributed by atoms with van der Waals surface area (Å²) < 4.78 is 38.8. The summed E-state index contributed by atoms with van der Waals surface area (Å²) in [7, 11) is 0. The number of anilines is 1. The second kappa shape index (κ2) is 5.22. The lowest BCUT2D eigenvalue weighted by Crippen LogP contribution is -2.45. The molecule has 0 unspecified atom stereocenters. The van der Waals surface area contributed by atoms with E-state index in [-0.39, 0.29) is 11.3 Å². The molecule has 1 aliphatic carbocycles. The first-order valence-corrected chi connectivity index (χ1v) is 6.65. The van der Waals surface area contributed by atoms with Gasteiger partial charge in [-0.1, -0.05) is 0 Å². The largest absolute Gasteiger partial charge is 0.418 e. The third kappa shape index (κ3) is 3.47. The smallest absolute Gasteiger partial charge is 0.347 e. The van der Waals surface area contributed by atoms with Crippen molar-refractivity contribution in [1.29, 1.82) is 0 Å². The Balaban J connectivity index is 2.25. The minimum absolute atomic E-state index is 0.0324. The van der Waals surface area contributed by atoms with Crippen molar-refractivity contribution in [3.05, 3.63) is 29.3 Å². The number of hydrogen-bond acceptors (Lipinski definition) is 3. The highest BCUT2D eigenvalue weighted by Crippen LogP contribution is 2.39. The van der Waals surface area contributed by atoms with Crippen LogP contribution in [-0.4, -0.2) is 11.4 Å². The van der Waals surface area contributed by atoms with Crippen LogP contribution in [0, 0.1) is 5.92 Å². The van der Waals surface area contributed by atoms with Gasteiger partial charge in [-0.3, -0.25) is 10.6 Å². The van der Waals surface area contributed by atoms with Gasteiger partial charge in [0.15, 0.2) is 0 Å². The Hall–Kier alpha value is -1.76. The molecule has 0 saturated heterocycles. The number of halogens is 3. The van der Waals surface area contributed by atoms with Gasteiger partial charge in [-0.2, -0.15) is 13.2 Å². The zero-order valence-corrected chi connectivity index (χ0v) is 11.8. The first kappa shape index (κ1) is 15.6. The number of alkyl halides is 3. The van der Waals surface area contributed by atoms with Crippen LogP contribution in [0.15, 0.2) is 18.2 Å². The number of nitrogens with one attached hydrogen (secondary N) is 2. The summed E-state index contributed by atoms with van der Waals surface area (Å²) in [6.45, 7) is 3.76. The molecule has 1 aromatic carbocycles. The summed E-state index contributed by atoms with van der Waals surface area (Å²) in [5.41, 5.74) is 0.324. The topological polar surface area (TPSA) is 67.2 Å². The van der Waals surface area contributed by atoms with Crippen LogP contribution < -0.4 is 16.6 Å². The standard InChI is InChI=1S/C14H18F3N3O/c1-13(2,9-4-5-9)19-12(21)8-3-6-11(20-18)10(7-8)14(15,16)17/h3,6-7,9,20H,4-5,18H2,1-2H3,(H,19,21). The normalized spacial score (nSPS) is 15.7. The molecule has 2 rings (SSSR count). The highest BCUT2D eigenvalue weighted by Gasteiger charge is 2.39. The predicted molar refractivity (Wildman–Crippen MR) is 73.5 cm³/mol. The maximum atomic E-state index is 12.9. The maximum Gasteiger partial charge on any atom is 0.418 e. The van der Waals surface area contributed by atoms with E-state index in [1.165, 1.54) is 6.07 Å². The van der Waals surface area contributed by atoms with Crippen LogP contribution in [-0.2, 0) is 6.18 Å². The van der Waals surface area contributed by atoms with Gasteiger partial charge in [0, 0.05) is 11.1 Å². The summed E-state index contributed by atoms with van der Waals surface area (Å²) >= 11 is 0. The van der Waals surface area contributed by atoms with E-state index < -0.39 is 23.2 Å². The van der Waals surface area contributed by atoms with Crippen LogP contribution in [0.4, 0.5) is 18.9 Å². The molecule has 0 aromatic heterocycles. The molecule has 1 amide bonds. The number of carbonyl (C=O) groups excluding carboxylic acids is 1. The maximum absolute atomic E-state index is 12.9. The molecular formula is C14H18F3N3O. The SMILES string of the molecule is CC(C)(NC(=O)c1ccc(NN)c(C(F)(F)F)c1)C1CC1. The van der Waals surface area contributed by atoms with E-state index >= 15 is 0 Å². The molecule has 4 nitrogen and oxygen atoms in total. The molecule has 1 saturated carbocycles. The molecule has 1 aromatic rings. The summed E-state index contributed by atoms with van der Waals surface area (Å²) in [5.74, 6) is 4.94. The number of rotatable bonds is 4. The highest BCUT2D eigenvalue weighted by molar-refractivity contribution is 5.95. The Kier molecular flexibility index (Phi) is 3.88. The van der Waals surface area contributed by atoms with Crippen LogP contribution in [0.2, 0.25) is 0 Å². The van der Waals surface area contributed by atoms with E-state index in [0.717, 1.165) is 25.0 Å². The summed E-state index contributed by atoms with van der Waals surface area (Å²) in [5, 5.41) is 2.79. The van der Waals surface area contributed by atoms with Gasteiger partial charge in [0.2, 0.25) is 0 Å². The number of benzene rings is 1.